The highest BCUT2D eigenvalue weighted by Crippen LogP contribution is 2.43. The highest BCUT2D eigenvalue weighted by molar-refractivity contribution is 7.47. The fourth-order valence-electron chi connectivity index (χ4n) is 8.35. The van der Waals surface area contributed by atoms with Crippen LogP contribution < -0.4 is 0 Å². The first kappa shape index (κ1) is 63.2. The monoisotopic (exact) mass is 969 g/mol. The van der Waals surface area contributed by atoms with E-state index in [1.165, 1.54) is 101 Å². The van der Waals surface area contributed by atoms with Crippen LogP contribution in [0, 0.1) is 36.0 Å². The molecule has 0 aliphatic carbocycles. The average Bonchev–Trinajstić information content (AvgIpc) is 3.29. The Morgan fingerprint density at radius 2 is 1.22 bits per heavy atom. The smallest absolute Gasteiger partial charge is 0.466 e. The molecule has 0 bridgehead atoms. The summed E-state index contributed by atoms with van der Waals surface area (Å²) in [6.45, 7) is 6.68. The van der Waals surface area contributed by atoms with Gasteiger partial charge in [-0.25, -0.2) is 4.57 Å². The van der Waals surface area contributed by atoms with E-state index >= 15 is 0 Å². The van der Waals surface area contributed by atoms with Gasteiger partial charge in [-0.15, -0.1) is 12.3 Å². The highest BCUT2D eigenvalue weighted by Gasteiger charge is 2.26. The molecule has 1 aliphatic heterocycles. The molecule has 0 saturated heterocycles. The Labute approximate surface area is 417 Å². The molecule has 0 aromatic heterocycles. The zero-order valence-corrected chi connectivity index (χ0v) is 45.3. The molecule has 2 unspecified atom stereocenters. The summed E-state index contributed by atoms with van der Waals surface area (Å²) in [6, 6.07) is 0. The molecule has 0 spiro atoms. The molecular formula is C58H99NO8P+. The van der Waals surface area contributed by atoms with Gasteiger partial charge in [0.15, 0.2) is 0 Å². The number of phosphoric acid groups is 1. The number of rotatable bonds is 25. The SMILES string of the molecule is C#C/C(CCCCCCCCCC)=C1/C#C/C(CCCCCCCCCC)=C(/C#CC)CCCCCCCCC(=O)OCCC(COP(=O)(O)OCC[N+](C)(C)C)OC(=O)CCCCCCCC1. The fourth-order valence-corrected chi connectivity index (χ4v) is 9.09. The molecule has 0 saturated carbocycles. The maximum absolute atomic E-state index is 13.0. The largest absolute Gasteiger partial charge is 0.472 e. The molecule has 9 nitrogen and oxygen atoms in total. The van der Waals surface area contributed by atoms with Crippen molar-refractivity contribution in [2.75, 3.05) is 47.5 Å². The number of unbranched alkanes of at least 4 members (excludes halogenated alkanes) is 14. The van der Waals surface area contributed by atoms with E-state index in [2.05, 4.69) is 43.4 Å². The molecule has 0 radical (unpaired) electrons. The van der Waals surface area contributed by atoms with Crippen molar-refractivity contribution < 1.29 is 42.1 Å². The lowest BCUT2D eigenvalue weighted by molar-refractivity contribution is -0.870. The van der Waals surface area contributed by atoms with Gasteiger partial charge in [0, 0.05) is 41.6 Å². The van der Waals surface area contributed by atoms with Crippen LogP contribution in [-0.2, 0) is 32.7 Å². The van der Waals surface area contributed by atoms with Crippen molar-refractivity contribution in [3.8, 4) is 36.0 Å². The van der Waals surface area contributed by atoms with Gasteiger partial charge in [-0.3, -0.25) is 18.6 Å². The van der Waals surface area contributed by atoms with Gasteiger partial charge in [-0.1, -0.05) is 179 Å². The molecule has 2 atom stereocenters. The van der Waals surface area contributed by atoms with Crippen molar-refractivity contribution in [1.82, 2.24) is 0 Å². The van der Waals surface area contributed by atoms with Crippen molar-refractivity contribution >= 4 is 19.8 Å². The number of nitrogens with zero attached hydrogens (tertiary/aromatic N) is 1. The number of likely N-dealkylation sites (N-methyl/N-ethyl adjacent to an activating group) is 1. The molecule has 388 valence electrons. The van der Waals surface area contributed by atoms with Gasteiger partial charge in [0.1, 0.15) is 19.3 Å². The number of quaternary nitrogens is 1. The molecule has 1 N–H and O–H groups in total. The molecule has 0 aromatic carbocycles. The summed E-state index contributed by atoms with van der Waals surface area (Å²) in [4.78, 5) is 35.9. The maximum Gasteiger partial charge on any atom is 0.472 e. The minimum atomic E-state index is -4.38. The lowest BCUT2D eigenvalue weighted by atomic mass is 9.94. The quantitative estimate of drug-likeness (QED) is 0.0317. The maximum atomic E-state index is 13.0. The molecule has 0 amide bonds. The van der Waals surface area contributed by atoms with Crippen molar-refractivity contribution in [2.45, 2.75) is 252 Å². The number of hydrogen-bond donors (Lipinski definition) is 1. The summed E-state index contributed by atoms with van der Waals surface area (Å²) in [5.41, 5.74) is 4.58. The molecule has 10 heteroatoms. The van der Waals surface area contributed by atoms with Crippen LogP contribution in [-0.4, -0.2) is 74.9 Å². The number of phosphoric ester groups is 1. The summed E-state index contributed by atoms with van der Waals surface area (Å²) in [5.74, 6) is 16.5. The molecule has 0 fully saturated rings. The van der Waals surface area contributed by atoms with Gasteiger partial charge in [0.2, 0.25) is 0 Å². The molecule has 1 aliphatic rings. The van der Waals surface area contributed by atoms with Crippen molar-refractivity contribution in [3.05, 3.63) is 22.3 Å². The van der Waals surface area contributed by atoms with E-state index in [0.29, 0.717) is 23.9 Å². The molecule has 1 heterocycles. The topological polar surface area (TPSA) is 108 Å². The average molecular weight is 969 g/mol. The lowest BCUT2D eigenvalue weighted by Crippen LogP contribution is -2.37. The van der Waals surface area contributed by atoms with Crippen molar-refractivity contribution in [1.29, 1.82) is 0 Å². The Kier molecular flexibility index (Phi) is 38.9. The van der Waals surface area contributed by atoms with Crippen LogP contribution in [0.15, 0.2) is 22.3 Å². The van der Waals surface area contributed by atoms with E-state index in [9.17, 15) is 19.0 Å². The highest BCUT2D eigenvalue weighted by atomic mass is 31.2. The first-order valence-corrected chi connectivity index (χ1v) is 29.0. The van der Waals surface area contributed by atoms with E-state index in [1.54, 1.807) is 0 Å². The van der Waals surface area contributed by atoms with E-state index in [0.717, 1.165) is 120 Å². The first-order valence-electron chi connectivity index (χ1n) is 27.5. The van der Waals surface area contributed by atoms with E-state index in [-0.39, 0.29) is 38.6 Å². The van der Waals surface area contributed by atoms with Crippen molar-refractivity contribution in [3.63, 3.8) is 0 Å². The van der Waals surface area contributed by atoms with Gasteiger partial charge in [-0.05, 0) is 71.1 Å². The third-order valence-corrected chi connectivity index (χ3v) is 13.6. The van der Waals surface area contributed by atoms with E-state index in [4.69, 9.17) is 24.9 Å². The van der Waals surface area contributed by atoms with Crippen LogP contribution in [0.3, 0.4) is 0 Å². The standard InChI is InChI=1S/C58H98NO8P/c1-8-12-14-16-18-20-26-32-39-52(11-4)54-41-34-29-23-25-31-37-44-58(61)67-56(51-66-68(62,63)65-50-48-59(5,6)7)47-49-64-57(60)43-36-30-24-22-28-33-40-53(38-10-3)55(46-45-54)42-35-27-21-19-17-15-13-9-2/h4,56H,8-9,12-37,39-44,47-51H2,1-3,5-7H3/p+1/b54-52-,55-53-. The predicted molar refractivity (Wildman–Crippen MR) is 283 cm³/mol. The number of terminal acetylenes is 1. The lowest BCUT2D eigenvalue weighted by Gasteiger charge is -2.24. The minimum Gasteiger partial charge on any atom is -0.466 e. The zero-order chi connectivity index (χ0) is 50.0. The third-order valence-electron chi connectivity index (χ3n) is 12.7. The van der Waals surface area contributed by atoms with Gasteiger partial charge in [0.05, 0.1) is 34.4 Å². The normalized spacial score (nSPS) is 20.2. The number of carbonyl (C=O) groups excluding carboxylic acids is 2. The number of esters is 2. The van der Waals surface area contributed by atoms with E-state index in [1.807, 2.05) is 28.1 Å². The summed E-state index contributed by atoms with van der Waals surface area (Å²) in [7, 11) is 1.48. The number of ether oxygens (including phenoxy) is 2. The second-order valence-electron chi connectivity index (χ2n) is 20.1. The van der Waals surface area contributed by atoms with Crippen molar-refractivity contribution in [2.24, 2.45) is 0 Å². The summed E-state index contributed by atoms with van der Waals surface area (Å²) < 4.78 is 34.8. The Balaban J connectivity index is 3.22. The molecule has 0 aromatic rings. The Morgan fingerprint density at radius 3 is 1.78 bits per heavy atom. The van der Waals surface area contributed by atoms with Crippen LogP contribution in [0.5, 0.6) is 0 Å². The van der Waals surface area contributed by atoms with Gasteiger partial charge in [0.25, 0.3) is 0 Å². The number of carbonyl (C=O) groups is 2. The number of allylic oxidation sites excluding steroid dienone is 4. The number of hydrogen-bond acceptors (Lipinski definition) is 7. The fraction of sp³-hybridized carbons (Fsp3) is 0.793. The van der Waals surface area contributed by atoms with Gasteiger partial charge >= 0.3 is 19.8 Å². The van der Waals surface area contributed by atoms with Crippen LogP contribution in [0.4, 0.5) is 0 Å². The molecule has 1 rings (SSSR count). The predicted octanol–water partition coefficient (Wildman–Crippen LogP) is 15.2. The molecule has 68 heavy (non-hydrogen) atoms. The van der Waals surface area contributed by atoms with Gasteiger partial charge < -0.3 is 18.9 Å². The zero-order valence-electron chi connectivity index (χ0n) is 44.4. The van der Waals surface area contributed by atoms with Crippen LogP contribution in [0.25, 0.3) is 0 Å². The number of cyclic esters (lactones) is 2. The summed E-state index contributed by atoms with van der Waals surface area (Å²) >= 11 is 0. The van der Waals surface area contributed by atoms with Crippen LogP contribution in [0.2, 0.25) is 0 Å². The summed E-state index contributed by atoms with van der Waals surface area (Å²) in [6.07, 6.45) is 41.6. The second-order valence-corrected chi connectivity index (χ2v) is 21.6. The Bertz CT molecular complexity index is 1630. The Hall–Kier alpha value is -2.83. The third kappa shape index (κ3) is 37.1. The van der Waals surface area contributed by atoms with Gasteiger partial charge in [-0.2, -0.15) is 0 Å². The first-order chi connectivity index (χ1) is 32.8. The second kappa shape index (κ2) is 41.9. The van der Waals surface area contributed by atoms with E-state index < -0.39 is 19.9 Å². The van der Waals surface area contributed by atoms with Crippen LogP contribution in [0.1, 0.15) is 245 Å². The summed E-state index contributed by atoms with van der Waals surface area (Å²) in [5, 5.41) is 0. The minimum absolute atomic E-state index is 0.0130. The van der Waals surface area contributed by atoms with Crippen LogP contribution >= 0.6 is 7.82 Å². The molecular weight excluding hydrogens is 870 g/mol. The Morgan fingerprint density at radius 1 is 0.706 bits per heavy atom.